The predicted molar refractivity (Wildman–Crippen MR) is 127 cm³/mol. The van der Waals surface area contributed by atoms with Gasteiger partial charge in [0.2, 0.25) is 0 Å². The Morgan fingerprint density at radius 2 is 1.63 bits per heavy atom. The second kappa shape index (κ2) is 9.21. The molecule has 2 amide bonds. The zero-order chi connectivity index (χ0) is 24.5. The number of anilines is 1. The number of carbonyl (C=O) groups is 3. The molecule has 35 heavy (non-hydrogen) atoms. The molecule has 5 rings (SSSR count). The number of carboxylic acids is 1. The average molecular weight is 474 g/mol. The molecule has 178 valence electrons. The van der Waals surface area contributed by atoms with Crippen LogP contribution in [0.1, 0.15) is 33.8 Å². The number of nitrogens with one attached hydrogen (secondary N) is 2. The maximum atomic E-state index is 14.1. The van der Waals surface area contributed by atoms with Crippen molar-refractivity contribution in [2.45, 2.75) is 12.3 Å². The molecule has 0 aromatic heterocycles. The first-order valence-corrected chi connectivity index (χ1v) is 11.3. The number of rotatable bonds is 7. The van der Waals surface area contributed by atoms with E-state index in [-0.39, 0.29) is 36.2 Å². The lowest BCUT2D eigenvalue weighted by Gasteiger charge is -2.15. The summed E-state index contributed by atoms with van der Waals surface area (Å²) in [6.07, 6.45) is -0.251. The fraction of sp³-hybridized carbons (Fsp3) is 0.222. The quantitative estimate of drug-likeness (QED) is 0.463. The standard InChI is InChI=1S/C27H23FN2O5/c28-17-9-15(25(31)29-13-16-11-23(16)26(32)33)10-18(12-17)30-27(34)35-14-24-21-7-3-1-5-19(21)20-6-2-4-8-22(20)24/h1-10,12,16,23-24H,11,13-14H2,(H,29,31)(H,30,34)(H,32,33)/t16-,23-/m1/s1. The number of fused-ring (bicyclic) bond motifs is 3. The van der Waals surface area contributed by atoms with E-state index in [1.54, 1.807) is 0 Å². The molecule has 0 radical (unpaired) electrons. The molecule has 0 spiro atoms. The molecular weight excluding hydrogens is 451 g/mol. The lowest BCUT2D eigenvalue weighted by molar-refractivity contribution is -0.138. The maximum absolute atomic E-state index is 14.1. The van der Waals surface area contributed by atoms with E-state index in [0.717, 1.165) is 34.4 Å². The number of halogens is 1. The van der Waals surface area contributed by atoms with Crippen LogP contribution >= 0.6 is 0 Å². The Labute approximate surface area is 200 Å². The van der Waals surface area contributed by atoms with Crippen molar-refractivity contribution in [3.05, 3.63) is 89.2 Å². The van der Waals surface area contributed by atoms with Crippen LogP contribution in [0.4, 0.5) is 14.9 Å². The second-order valence-electron chi connectivity index (χ2n) is 8.83. The first-order chi connectivity index (χ1) is 16.9. The summed E-state index contributed by atoms with van der Waals surface area (Å²) in [6, 6.07) is 19.4. The SMILES string of the molecule is O=C(Nc1cc(F)cc(C(=O)NC[C@H]2C[C@H]2C(=O)O)c1)OCC1c2ccccc2-c2ccccc21. The van der Waals surface area contributed by atoms with Crippen molar-refractivity contribution in [1.29, 1.82) is 0 Å². The van der Waals surface area contributed by atoms with Crippen LogP contribution in [0.5, 0.6) is 0 Å². The molecule has 1 saturated carbocycles. The Hall–Kier alpha value is -4.20. The van der Waals surface area contributed by atoms with E-state index in [2.05, 4.69) is 10.6 Å². The molecule has 0 bridgehead atoms. The fourth-order valence-electron chi connectivity index (χ4n) is 4.65. The Bertz CT molecular complexity index is 1280. The normalized spacial score (nSPS) is 17.7. The lowest BCUT2D eigenvalue weighted by Crippen LogP contribution is -2.27. The Kier molecular flexibility index (Phi) is 5.94. The minimum Gasteiger partial charge on any atom is -0.481 e. The van der Waals surface area contributed by atoms with E-state index in [1.807, 2.05) is 48.5 Å². The number of ether oxygens (including phenoxy) is 1. The molecule has 7 nitrogen and oxygen atoms in total. The highest BCUT2D eigenvalue weighted by molar-refractivity contribution is 5.96. The summed E-state index contributed by atoms with van der Waals surface area (Å²) in [6.45, 7) is 0.302. The maximum Gasteiger partial charge on any atom is 0.411 e. The van der Waals surface area contributed by atoms with Crippen LogP contribution in [0.25, 0.3) is 11.1 Å². The highest BCUT2D eigenvalue weighted by Gasteiger charge is 2.43. The van der Waals surface area contributed by atoms with E-state index in [0.29, 0.717) is 6.42 Å². The number of aliphatic carboxylic acids is 1. The highest BCUT2D eigenvalue weighted by atomic mass is 19.1. The van der Waals surface area contributed by atoms with Crippen molar-refractivity contribution in [1.82, 2.24) is 5.32 Å². The number of carboxylic acid groups (broad SMARTS) is 1. The molecular formula is C27H23FN2O5. The smallest absolute Gasteiger partial charge is 0.411 e. The molecule has 1 fully saturated rings. The van der Waals surface area contributed by atoms with E-state index in [9.17, 15) is 18.8 Å². The van der Waals surface area contributed by atoms with Gasteiger partial charge in [-0.1, -0.05) is 48.5 Å². The first-order valence-electron chi connectivity index (χ1n) is 11.3. The minimum atomic E-state index is -0.885. The summed E-state index contributed by atoms with van der Waals surface area (Å²) in [5, 5.41) is 14.1. The Balaban J connectivity index is 1.21. The molecule has 8 heteroatoms. The van der Waals surface area contributed by atoms with Gasteiger partial charge >= 0.3 is 12.1 Å². The molecule has 2 aliphatic carbocycles. The van der Waals surface area contributed by atoms with Gasteiger partial charge in [-0.3, -0.25) is 14.9 Å². The van der Waals surface area contributed by atoms with Crippen LogP contribution in [0.15, 0.2) is 66.7 Å². The summed E-state index contributed by atoms with van der Waals surface area (Å²) in [4.78, 5) is 35.8. The first kappa shape index (κ1) is 22.6. The van der Waals surface area contributed by atoms with Crippen molar-refractivity contribution >= 4 is 23.7 Å². The van der Waals surface area contributed by atoms with Gasteiger partial charge in [0.05, 0.1) is 5.92 Å². The summed E-state index contributed by atoms with van der Waals surface area (Å²) < 4.78 is 19.6. The van der Waals surface area contributed by atoms with Gasteiger partial charge in [-0.2, -0.15) is 0 Å². The van der Waals surface area contributed by atoms with Gasteiger partial charge in [0.25, 0.3) is 5.91 Å². The molecule has 2 aliphatic rings. The zero-order valence-electron chi connectivity index (χ0n) is 18.7. The van der Waals surface area contributed by atoms with Crippen LogP contribution in [0.2, 0.25) is 0 Å². The van der Waals surface area contributed by atoms with Crippen molar-refractivity contribution in [3.63, 3.8) is 0 Å². The third-order valence-electron chi connectivity index (χ3n) is 6.51. The lowest BCUT2D eigenvalue weighted by atomic mass is 9.98. The largest absolute Gasteiger partial charge is 0.481 e. The van der Waals surface area contributed by atoms with Gasteiger partial charge in [0.15, 0.2) is 0 Å². The van der Waals surface area contributed by atoms with Gasteiger partial charge in [-0.25, -0.2) is 9.18 Å². The number of hydrogen-bond acceptors (Lipinski definition) is 4. The van der Waals surface area contributed by atoms with Crippen LogP contribution in [0, 0.1) is 17.7 Å². The molecule has 2 atom stereocenters. The average Bonchev–Trinajstić information content (AvgIpc) is 3.56. The van der Waals surface area contributed by atoms with Gasteiger partial charge in [-0.05, 0) is 52.8 Å². The third kappa shape index (κ3) is 4.73. The second-order valence-corrected chi connectivity index (χ2v) is 8.83. The van der Waals surface area contributed by atoms with Crippen molar-refractivity contribution in [3.8, 4) is 11.1 Å². The molecule has 3 aromatic rings. The van der Waals surface area contributed by atoms with Crippen LogP contribution in [-0.2, 0) is 9.53 Å². The predicted octanol–water partition coefficient (Wildman–Crippen LogP) is 4.64. The highest BCUT2D eigenvalue weighted by Crippen LogP contribution is 2.44. The molecule has 3 aromatic carbocycles. The zero-order valence-corrected chi connectivity index (χ0v) is 18.7. The number of hydrogen-bond donors (Lipinski definition) is 3. The fourth-order valence-corrected chi connectivity index (χ4v) is 4.65. The van der Waals surface area contributed by atoms with Gasteiger partial charge in [0.1, 0.15) is 12.4 Å². The summed E-state index contributed by atoms with van der Waals surface area (Å²) in [5.41, 5.74) is 4.48. The molecule has 0 unspecified atom stereocenters. The monoisotopic (exact) mass is 474 g/mol. The molecule has 3 N–H and O–H groups in total. The van der Waals surface area contributed by atoms with Crippen LogP contribution in [0.3, 0.4) is 0 Å². The topological polar surface area (TPSA) is 105 Å². The van der Waals surface area contributed by atoms with Crippen molar-refractivity contribution in [2.24, 2.45) is 11.8 Å². The van der Waals surface area contributed by atoms with Crippen molar-refractivity contribution in [2.75, 3.05) is 18.5 Å². The third-order valence-corrected chi connectivity index (χ3v) is 6.51. The summed E-state index contributed by atoms with van der Waals surface area (Å²) >= 11 is 0. The number of amides is 2. The van der Waals surface area contributed by atoms with Crippen LogP contribution in [-0.4, -0.2) is 36.2 Å². The number of carbonyl (C=O) groups excluding carboxylic acids is 2. The minimum absolute atomic E-state index is 0.0199. The van der Waals surface area contributed by atoms with E-state index in [4.69, 9.17) is 9.84 Å². The molecule has 0 heterocycles. The number of benzene rings is 3. The van der Waals surface area contributed by atoms with E-state index >= 15 is 0 Å². The van der Waals surface area contributed by atoms with Gasteiger partial charge in [-0.15, -0.1) is 0 Å². The van der Waals surface area contributed by atoms with Gasteiger partial charge in [0, 0.05) is 23.7 Å². The summed E-state index contributed by atoms with van der Waals surface area (Å²) in [5.74, 6) is -2.81. The van der Waals surface area contributed by atoms with Crippen molar-refractivity contribution < 1.29 is 28.6 Å². The van der Waals surface area contributed by atoms with E-state index in [1.165, 1.54) is 6.07 Å². The summed E-state index contributed by atoms with van der Waals surface area (Å²) in [7, 11) is 0. The van der Waals surface area contributed by atoms with Crippen LogP contribution < -0.4 is 10.6 Å². The van der Waals surface area contributed by atoms with E-state index < -0.39 is 29.7 Å². The Morgan fingerprint density at radius 1 is 0.971 bits per heavy atom. The molecule has 0 saturated heterocycles. The molecule has 0 aliphatic heterocycles. The van der Waals surface area contributed by atoms with Gasteiger partial charge < -0.3 is 15.2 Å². The Morgan fingerprint density at radius 3 is 2.26 bits per heavy atom.